The third-order valence-corrected chi connectivity index (χ3v) is 1.96. The number of hydrogen-bond donors (Lipinski definition) is 0. The minimum absolute atomic E-state index is 0.0788. The van der Waals surface area contributed by atoms with Crippen molar-refractivity contribution in [3.63, 3.8) is 0 Å². The topological polar surface area (TPSA) is 55.4 Å². The molecule has 4 nitrogen and oxygen atoms in total. The van der Waals surface area contributed by atoms with Crippen LogP contribution in [0.2, 0.25) is 0 Å². The monoisotopic (exact) mass is 221 g/mol. The van der Waals surface area contributed by atoms with Gasteiger partial charge in [0.2, 0.25) is 0 Å². The number of hydrogen-bond acceptors (Lipinski definition) is 3. The van der Waals surface area contributed by atoms with Gasteiger partial charge in [-0.1, -0.05) is 0 Å². The third-order valence-electron chi connectivity index (χ3n) is 0.653. The van der Waals surface area contributed by atoms with Gasteiger partial charge in [0.25, 0.3) is 0 Å². The van der Waals surface area contributed by atoms with Crippen LogP contribution < -0.4 is 0 Å². The second kappa shape index (κ2) is 6.23. The largest absolute Gasteiger partial charge is 0.502 e. The molecule has 0 aliphatic carbocycles. The Morgan fingerprint density at radius 3 is 1.73 bits per heavy atom. The first kappa shape index (κ1) is 11.7. The zero-order valence-electron chi connectivity index (χ0n) is 5.66. The van der Waals surface area contributed by atoms with Crippen LogP contribution in [0, 0.1) is 0 Å². The van der Waals surface area contributed by atoms with Crippen LogP contribution in [0.5, 0.6) is 0 Å². The van der Waals surface area contributed by atoms with Crippen molar-refractivity contribution in [2.75, 3.05) is 25.0 Å². The summed E-state index contributed by atoms with van der Waals surface area (Å²) in [6, 6.07) is 0. The third kappa shape index (κ3) is 7.06. The maximum absolute atomic E-state index is 10.6. The summed E-state index contributed by atoms with van der Waals surface area (Å²) >= 11 is 10.3. The van der Waals surface area contributed by atoms with Crippen LogP contribution in [0.3, 0.4) is 0 Å². The summed E-state index contributed by atoms with van der Waals surface area (Å²) in [5, 5.41) is 0. The molecule has 0 aromatic heterocycles. The molecule has 0 amide bonds. The van der Waals surface area contributed by atoms with E-state index in [4.69, 9.17) is 23.2 Å². The highest BCUT2D eigenvalue weighted by atomic mass is 35.5. The van der Waals surface area contributed by atoms with Gasteiger partial charge in [0.1, 0.15) is 0 Å². The molecule has 1 radical (unpaired) electrons. The fourth-order valence-corrected chi connectivity index (χ4v) is 1.40. The van der Waals surface area contributed by atoms with E-state index in [1.807, 2.05) is 0 Å². The van der Waals surface area contributed by atoms with Crippen LogP contribution in [-0.4, -0.2) is 25.0 Å². The quantitative estimate of drug-likeness (QED) is 0.510. The van der Waals surface area contributed by atoms with E-state index in [9.17, 15) is 9.46 Å². The average Bonchev–Trinajstić information content (AvgIpc) is 1.97. The first-order valence-corrected chi connectivity index (χ1v) is 5.37. The van der Waals surface area contributed by atoms with E-state index in [0.29, 0.717) is 0 Å². The van der Waals surface area contributed by atoms with Crippen molar-refractivity contribution < 1.29 is 18.5 Å². The van der Waals surface area contributed by atoms with E-state index >= 15 is 0 Å². The SMILES string of the molecule is [O]P(=O)(OCCCl)OCCCl. The van der Waals surface area contributed by atoms with Gasteiger partial charge >= 0.3 is 7.82 Å². The molecule has 0 atom stereocenters. The molecule has 7 heteroatoms. The van der Waals surface area contributed by atoms with Crippen LogP contribution in [-0.2, 0) is 18.5 Å². The second-order valence-corrected chi connectivity index (χ2v) is 3.66. The average molecular weight is 222 g/mol. The molecule has 0 aromatic rings. The Kier molecular flexibility index (Phi) is 6.62. The predicted molar refractivity (Wildman–Crippen MR) is 41.6 cm³/mol. The van der Waals surface area contributed by atoms with E-state index < -0.39 is 7.82 Å². The summed E-state index contributed by atoms with van der Waals surface area (Å²) in [4.78, 5) is 10.6. The van der Waals surface area contributed by atoms with Crippen molar-refractivity contribution in [3.8, 4) is 0 Å². The van der Waals surface area contributed by atoms with Crippen LogP contribution in [0.1, 0.15) is 0 Å². The van der Waals surface area contributed by atoms with Crippen LogP contribution >= 0.6 is 31.0 Å². The molecule has 0 spiro atoms. The number of rotatable bonds is 6. The predicted octanol–water partition coefficient (Wildman–Crippen LogP) is 2.04. The van der Waals surface area contributed by atoms with Crippen molar-refractivity contribution in [2.45, 2.75) is 0 Å². The standard InChI is InChI=1S/C4H8Cl2O4P/c5-1-3-9-11(7,8)10-4-2-6/h1-4H2. The van der Waals surface area contributed by atoms with Gasteiger partial charge in [-0.05, 0) is 0 Å². The molecule has 0 aliphatic heterocycles. The number of alkyl halides is 2. The molecule has 0 aromatic carbocycles. The van der Waals surface area contributed by atoms with Gasteiger partial charge in [0.15, 0.2) is 0 Å². The molecule has 0 unspecified atom stereocenters. The second-order valence-electron chi connectivity index (χ2n) is 1.49. The summed E-state index contributed by atoms with van der Waals surface area (Å²) in [5.74, 6) is 0.215. The smallest absolute Gasteiger partial charge is 0.284 e. The highest BCUT2D eigenvalue weighted by Gasteiger charge is 2.22. The summed E-state index contributed by atoms with van der Waals surface area (Å²) in [6.45, 7) is -0.158. The lowest BCUT2D eigenvalue weighted by Gasteiger charge is -2.06. The molecule has 0 fully saturated rings. The maximum Gasteiger partial charge on any atom is 0.502 e. The molecule has 0 N–H and O–H groups in total. The van der Waals surface area contributed by atoms with E-state index in [2.05, 4.69) is 9.05 Å². The van der Waals surface area contributed by atoms with Gasteiger partial charge in [-0.25, -0.2) is 4.57 Å². The Balaban J connectivity index is 3.53. The van der Waals surface area contributed by atoms with Crippen molar-refractivity contribution in [2.24, 2.45) is 0 Å². The van der Waals surface area contributed by atoms with Crippen molar-refractivity contribution >= 4 is 31.0 Å². The lowest BCUT2D eigenvalue weighted by Crippen LogP contribution is -1.98. The molecule has 0 bridgehead atoms. The van der Waals surface area contributed by atoms with Crippen molar-refractivity contribution in [1.82, 2.24) is 0 Å². The molecule has 0 rings (SSSR count). The van der Waals surface area contributed by atoms with Gasteiger partial charge < -0.3 is 0 Å². The first-order chi connectivity index (χ1) is 5.12. The maximum atomic E-state index is 10.6. The molecular weight excluding hydrogens is 214 g/mol. The summed E-state index contributed by atoms with van der Waals surface area (Å²) in [7, 11) is -4.14. The highest BCUT2D eigenvalue weighted by Crippen LogP contribution is 2.44. The molecule has 67 valence electrons. The highest BCUT2D eigenvalue weighted by molar-refractivity contribution is 7.47. The molecule has 0 aliphatic rings. The van der Waals surface area contributed by atoms with Crippen LogP contribution in [0.4, 0.5) is 0 Å². The van der Waals surface area contributed by atoms with Crippen LogP contribution in [0.25, 0.3) is 0 Å². The lowest BCUT2D eigenvalue weighted by atomic mass is 10.9. The Hall–Kier alpha value is 0.690. The molecule has 0 saturated carbocycles. The fourth-order valence-electron chi connectivity index (χ4n) is 0.330. The first-order valence-electron chi connectivity index (χ1n) is 2.84. The van der Waals surface area contributed by atoms with Crippen molar-refractivity contribution in [1.29, 1.82) is 0 Å². The number of halogens is 2. The van der Waals surface area contributed by atoms with E-state index in [-0.39, 0.29) is 25.0 Å². The van der Waals surface area contributed by atoms with Crippen molar-refractivity contribution in [3.05, 3.63) is 0 Å². The Labute approximate surface area is 75.0 Å². The van der Waals surface area contributed by atoms with Gasteiger partial charge in [0.05, 0.1) is 13.2 Å². The van der Waals surface area contributed by atoms with E-state index in [1.54, 1.807) is 0 Å². The fraction of sp³-hybridized carbons (Fsp3) is 1.00. The van der Waals surface area contributed by atoms with Gasteiger partial charge in [-0.2, -0.15) is 0 Å². The summed E-state index contributed by atoms with van der Waals surface area (Å²) < 4.78 is 19.2. The van der Waals surface area contributed by atoms with E-state index in [1.165, 1.54) is 0 Å². The minimum atomic E-state index is -4.14. The normalized spacial score (nSPS) is 11.9. The molecule has 0 heterocycles. The molecular formula is C4H8Cl2O4P. The minimum Gasteiger partial charge on any atom is -0.284 e. The van der Waals surface area contributed by atoms with E-state index in [0.717, 1.165) is 0 Å². The van der Waals surface area contributed by atoms with Crippen LogP contribution in [0.15, 0.2) is 0 Å². The molecule has 0 saturated heterocycles. The Morgan fingerprint density at radius 2 is 1.45 bits per heavy atom. The molecule has 11 heavy (non-hydrogen) atoms. The zero-order valence-corrected chi connectivity index (χ0v) is 8.07. The zero-order chi connectivity index (χ0) is 8.74. The Bertz CT molecular complexity index is 130. The Morgan fingerprint density at radius 1 is 1.09 bits per heavy atom. The summed E-state index contributed by atoms with van der Waals surface area (Å²) in [6.07, 6.45) is 0. The lowest BCUT2D eigenvalue weighted by molar-refractivity contribution is 0.140. The van der Waals surface area contributed by atoms with Gasteiger partial charge in [0, 0.05) is 11.8 Å². The van der Waals surface area contributed by atoms with Gasteiger partial charge in [-0.3, -0.25) is 9.05 Å². The van der Waals surface area contributed by atoms with Gasteiger partial charge in [-0.15, -0.1) is 28.1 Å². The summed E-state index contributed by atoms with van der Waals surface area (Å²) in [5.41, 5.74) is 0.